The van der Waals surface area contributed by atoms with Gasteiger partial charge in [0, 0.05) is 63.3 Å². The van der Waals surface area contributed by atoms with Crippen LogP contribution in [0.15, 0.2) is 42.5 Å². The molecular formula is C24H29FN6O3S. The highest BCUT2D eigenvalue weighted by atomic mass is 32.1. The van der Waals surface area contributed by atoms with E-state index in [4.69, 9.17) is 9.47 Å². The van der Waals surface area contributed by atoms with Crippen molar-refractivity contribution in [2.45, 2.75) is 6.42 Å². The molecule has 9 nitrogen and oxygen atoms in total. The Morgan fingerprint density at radius 3 is 2.57 bits per heavy atom. The molecule has 1 aliphatic heterocycles. The Morgan fingerprint density at radius 2 is 1.86 bits per heavy atom. The molecule has 11 heteroatoms. The maximum atomic E-state index is 13.1. The lowest BCUT2D eigenvalue weighted by molar-refractivity contribution is 0.240. The molecule has 0 aliphatic carbocycles. The molecule has 1 aliphatic rings. The van der Waals surface area contributed by atoms with Crippen LogP contribution in [0.5, 0.6) is 11.5 Å². The lowest BCUT2D eigenvalue weighted by Gasteiger charge is -2.34. The van der Waals surface area contributed by atoms with E-state index >= 15 is 0 Å². The van der Waals surface area contributed by atoms with E-state index in [0.29, 0.717) is 30.2 Å². The predicted molar refractivity (Wildman–Crippen MR) is 134 cm³/mol. The van der Waals surface area contributed by atoms with Gasteiger partial charge in [0.05, 0.1) is 19.9 Å². The Bertz CT molecular complexity index is 1120. The average Bonchev–Trinajstić information content (AvgIpc) is 3.34. The number of anilines is 2. The van der Waals surface area contributed by atoms with E-state index in [1.54, 1.807) is 44.6 Å². The van der Waals surface area contributed by atoms with Crippen molar-refractivity contribution in [3.8, 4) is 11.5 Å². The van der Waals surface area contributed by atoms with E-state index in [0.717, 1.165) is 49.2 Å². The molecule has 2 heterocycles. The van der Waals surface area contributed by atoms with E-state index in [2.05, 4.69) is 29.8 Å². The van der Waals surface area contributed by atoms with Gasteiger partial charge in [-0.2, -0.15) is 4.37 Å². The Balaban J connectivity index is 1.18. The van der Waals surface area contributed by atoms with E-state index in [9.17, 15) is 9.18 Å². The van der Waals surface area contributed by atoms with Crippen molar-refractivity contribution in [3.63, 3.8) is 0 Å². The number of amides is 2. The third kappa shape index (κ3) is 6.80. The number of ether oxygens (including phenoxy) is 2. The summed E-state index contributed by atoms with van der Waals surface area (Å²) in [5, 5.41) is 6.62. The Labute approximate surface area is 208 Å². The number of carbonyl (C=O) groups excluding carboxylic acids is 1. The maximum Gasteiger partial charge on any atom is 0.319 e. The van der Waals surface area contributed by atoms with Crippen molar-refractivity contribution in [2.75, 3.05) is 63.7 Å². The van der Waals surface area contributed by atoms with Crippen LogP contribution in [0.25, 0.3) is 0 Å². The highest BCUT2D eigenvalue weighted by molar-refractivity contribution is 7.09. The second kappa shape index (κ2) is 11.8. The summed E-state index contributed by atoms with van der Waals surface area (Å²) in [5.41, 5.74) is 1.57. The highest BCUT2D eigenvalue weighted by Gasteiger charge is 2.20. The van der Waals surface area contributed by atoms with Crippen molar-refractivity contribution in [3.05, 3.63) is 59.7 Å². The number of benzene rings is 2. The average molecular weight is 501 g/mol. The molecular weight excluding hydrogens is 471 g/mol. The van der Waals surface area contributed by atoms with E-state index < -0.39 is 0 Å². The first-order valence-electron chi connectivity index (χ1n) is 11.4. The summed E-state index contributed by atoms with van der Waals surface area (Å²) in [6, 6.07) is 11.4. The lowest BCUT2D eigenvalue weighted by atomic mass is 10.1. The van der Waals surface area contributed by atoms with Gasteiger partial charge in [0.25, 0.3) is 0 Å². The monoisotopic (exact) mass is 500 g/mol. The summed E-state index contributed by atoms with van der Waals surface area (Å²) >= 11 is 1.40. The molecule has 3 aromatic rings. The van der Waals surface area contributed by atoms with E-state index in [1.807, 2.05) is 0 Å². The van der Waals surface area contributed by atoms with Gasteiger partial charge in [-0.3, -0.25) is 4.90 Å². The summed E-state index contributed by atoms with van der Waals surface area (Å²) in [7, 11) is 3.13. The van der Waals surface area contributed by atoms with Crippen LogP contribution in [0.1, 0.15) is 11.4 Å². The van der Waals surface area contributed by atoms with Gasteiger partial charge in [-0.05, 0) is 29.8 Å². The highest BCUT2D eigenvalue weighted by Crippen LogP contribution is 2.28. The van der Waals surface area contributed by atoms with Crippen molar-refractivity contribution in [2.24, 2.45) is 0 Å². The van der Waals surface area contributed by atoms with Gasteiger partial charge in [0.15, 0.2) is 0 Å². The number of rotatable bonds is 9. The van der Waals surface area contributed by atoms with Gasteiger partial charge < -0.3 is 25.0 Å². The fourth-order valence-electron chi connectivity index (χ4n) is 3.79. The van der Waals surface area contributed by atoms with Gasteiger partial charge in [-0.25, -0.2) is 14.2 Å². The molecule has 186 valence electrons. The Morgan fingerprint density at radius 1 is 1.09 bits per heavy atom. The zero-order valence-electron chi connectivity index (χ0n) is 19.8. The maximum absolute atomic E-state index is 13.1. The molecule has 0 radical (unpaired) electrons. The summed E-state index contributed by atoms with van der Waals surface area (Å²) < 4.78 is 28.0. The normalized spacial score (nSPS) is 14.0. The molecule has 0 atom stereocenters. The van der Waals surface area contributed by atoms with Gasteiger partial charge >= 0.3 is 6.03 Å². The first-order valence-corrected chi connectivity index (χ1v) is 12.1. The number of carbonyl (C=O) groups is 1. The minimum Gasteiger partial charge on any atom is -0.497 e. The molecule has 1 aromatic heterocycles. The number of piperazine rings is 1. The molecule has 2 N–H and O–H groups in total. The second-order valence-corrected chi connectivity index (χ2v) is 8.80. The van der Waals surface area contributed by atoms with Gasteiger partial charge in [0.1, 0.15) is 23.1 Å². The number of aromatic nitrogens is 2. The van der Waals surface area contributed by atoms with Crippen LogP contribution in [0.2, 0.25) is 0 Å². The number of methoxy groups -OCH3 is 2. The fraction of sp³-hybridized carbons (Fsp3) is 0.375. The number of hydrogen-bond donors (Lipinski definition) is 2. The van der Waals surface area contributed by atoms with Crippen LogP contribution in [0, 0.1) is 5.82 Å². The second-order valence-electron chi connectivity index (χ2n) is 8.07. The number of halogens is 1. The molecule has 1 fully saturated rings. The zero-order chi connectivity index (χ0) is 24.6. The smallest absolute Gasteiger partial charge is 0.319 e. The molecule has 0 unspecified atom stereocenters. The third-order valence-electron chi connectivity index (χ3n) is 5.75. The Kier molecular flexibility index (Phi) is 8.32. The van der Waals surface area contributed by atoms with Crippen LogP contribution in [-0.2, 0) is 6.42 Å². The minimum absolute atomic E-state index is 0.244. The standard InChI is InChI=1S/C24H29FN6O3S/c1-33-19-7-8-20(21(16-19)34-2)27-23(32)26-9-10-30-11-13-31(14-12-30)24-28-22(29-35-24)15-17-3-5-18(25)6-4-17/h3-8,16H,9-15H2,1-2H3,(H2,26,27,32). The molecule has 0 bridgehead atoms. The number of hydrogen-bond acceptors (Lipinski definition) is 8. The largest absolute Gasteiger partial charge is 0.497 e. The summed E-state index contributed by atoms with van der Waals surface area (Å²) in [6.45, 7) is 4.74. The molecule has 0 spiro atoms. The molecule has 0 saturated carbocycles. The Hall–Kier alpha value is -3.44. The van der Waals surface area contributed by atoms with E-state index in [-0.39, 0.29) is 11.8 Å². The SMILES string of the molecule is COc1ccc(NC(=O)NCCN2CCN(c3nc(Cc4ccc(F)cc4)ns3)CC2)c(OC)c1. The molecule has 1 saturated heterocycles. The topological polar surface area (TPSA) is 91.9 Å². The summed E-state index contributed by atoms with van der Waals surface area (Å²) in [6.07, 6.45) is 0.590. The fourth-order valence-corrected chi connectivity index (χ4v) is 4.53. The van der Waals surface area contributed by atoms with Gasteiger partial charge in [-0.15, -0.1) is 0 Å². The molecule has 2 amide bonds. The summed E-state index contributed by atoms with van der Waals surface area (Å²) in [4.78, 5) is 21.5. The first-order chi connectivity index (χ1) is 17.0. The van der Waals surface area contributed by atoms with Gasteiger partial charge in [0.2, 0.25) is 5.13 Å². The van der Waals surface area contributed by atoms with Crippen molar-refractivity contribution in [1.29, 1.82) is 0 Å². The lowest BCUT2D eigenvalue weighted by Crippen LogP contribution is -2.48. The minimum atomic E-state index is -0.283. The van der Waals surface area contributed by atoms with Crippen LogP contribution in [-0.4, -0.2) is 73.8 Å². The van der Waals surface area contributed by atoms with Crippen LogP contribution in [0.3, 0.4) is 0 Å². The van der Waals surface area contributed by atoms with Crippen molar-refractivity contribution in [1.82, 2.24) is 19.6 Å². The van der Waals surface area contributed by atoms with E-state index in [1.165, 1.54) is 23.7 Å². The van der Waals surface area contributed by atoms with Crippen molar-refractivity contribution < 1.29 is 18.7 Å². The van der Waals surface area contributed by atoms with Crippen LogP contribution < -0.4 is 25.0 Å². The number of nitrogens with zero attached hydrogens (tertiary/aromatic N) is 4. The first kappa shape index (κ1) is 24.7. The molecule has 35 heavy (non-hydrogen) atoms. The van der Waals surface area contributed by atoms with Crippen LogP contribution in [0.4, 0.5) is 20.0 Å². The number of nitrogens with one attached hydrogen (secondary N) is 2. The third-order valence-corrected chi connectivity index (χ3v) is 6.56. The number of urea groups is 1. The van der Waals surface area contributed by atoms with Crippen LogP contribution >= 0.6 is 11.5 Å². The van der Waals surface area contributed by atoms with Gasteiger partial charge in [-0.1, -0.05) is 12.1 Å². The summed E-state index contributed by atoms with van der Waals surface area (Å²) in [5.74, 6) is 1.70. The quantitative estimate of drug-likeness (QED) is 0.466. The molecule has 4 rings (SSSR count). The zero-order valence-corrected chi connectivity index (χ0v) is 20.6. The molecule has 2 aromatic carbocycles. The predicted octanol–water partition coefficient (Wildman–Crippen LogP) is 3.23. The van der Waals surface area contributed by atoms with Crippen molar-refractivity contribution >= 4 is 28.4 Å².